The number of ether oxygens (including phenoxy) is 2. The van der Waals surface area contributed by atoms with Crippen LogP contribution in [0.25, 0.3) is 0 Å². The second-order valence-corrected chi connectivity index (χ2v) is 4.24. The van der Waals surface area contributed by atoms with Gasteiger partial charge in [-0.3, -0.25) is 0 Å². The lowest BCUT2D eigenvalue weighted by molar-refractivity contribution is -0.00237. The van der Waals surface area contributed by atoms with E-state index in [4.69, 9.17) is 9.47 Å². The Morgan fingerprint density at radius 3 is 2.67 bits per heavy atom. The van der Waals surface area contributed by atoms with Gasteiger partial charge in [0.2, 0.25) is 0 Å². The number of aliphatic hydroxyl groups is 1. The molecule has 0 aliphatic heterocycles. The predicted molar refractivity (Wildman–Crippen MR) is 71.6 cm³/mol. The van der Waals surface area contributed by atoms with Gasteiger partial charge < -0.3 is 19.9 Å². The SMILES string of the molecule is COCCNC[C@H](O)CO[C@@H](C)c1ccccc1. The summed E-state index contributed by atoms with van der Waals surface area (Å²) >= 11 is 0. The number of methoxy groups -OCH3 is 1. The summed E-state index contributed by atoms with van der Waals surface area (Å²) in [7, 11) is 1.66. The van der Waals surface area contributed by atoms with E-state index in [2.05, 4.69) is 5.32 Å². The zero-order valence-electron chi connectivity index (χ0n) is 11.1. The Bertz CT molecular complexity index is 305. The third-order valence-electron chi connectivity index (χ3n) is 2.67. The molecular formula is C14H23NO3. The lowest BCUT2D eigenvalue weighted by Crippen LogP contribution is -2.32. The van der Waals surface area contributed by atoms with Crippen LogP contribution in [-0.4, -0.2) is 44.6 Å². The van der Waals surface area contributed by atoms with Crippen LogP contribution in [0.15, 0.2) is 30.3 Å². The van der Waals surface area contributed by atoms with Gasteiger partial charge in [0.15, 0.2) is 0 Å². The first-order chi connectivity index (χ1) is 8.74. The van der Waals surface area contributed by atoms with Gasteiger partial charge >= 0.3 is 0 Å². The predicted octanol–water partition coefficient (Wildman–Crippen LogP) is 1.36. The first-order valence-electron chi connectivity index (χ1n) is 6.28. The van der Waals surface area contributed by atoms with Gasteiger partial charge in [0.25, 0.3) is 0 Å². The fraction of sp³-hybridized carbons (Fsp3) is 0.571. The van der Waals surface area contributed by atoms with E-state index < -0.39 is 6.10 Å². The maximum atomic E-state index is 9.72. The van der Waals surface area contributed by atoms with E-state index in [-0.39, 0.29) is 6.10 Å². The van der Waals surface area contributed by atoms with Gasteiger partial charge in [0.1, 0.15) is 0 Å². The maximum absolute atomic E-state index is 9.72. The molecule has 2 N–H and O–H groups in total. The summed E-state index contributed by atoms with van der Waals surface area (Å²) < 4.78 is 10.5. The fourth-order valence-corrected chi connectivity index (χ4v) is 1.58. The van der Waals surface area contributed by atoms with Crippen molar-refractivity contribution in [3.63, 3.8) is 0 Å². The number of aliphatic hydroxyl groups excluding tert-OH is 1. The minimum Gasteiger partial charge on any atom is -0.389 e. The first kappa shape index (κ1) is 15.1. The second kappa shape index (κ2) is 9.05. The first-order valence-corrected chi connectivity index (χ1v) is 6.28. The van der Waals surface area contributed by atoms with Crippen molar-refractivity contribution >= 4 is 0 Å². The standard InChI is InChI=1S/C14H23NO3/c1-12(13-6-4-3-5-7-13)18-11-14(16)10-15-8-9-17-2/h3-7,12,14-16H,8-11H2,1-2H3/t12-,14-/m0/s1. The van der Waals surface area contributed by atoms with Crippen LogP contribution in [0.1, 0.15) is 18.6 Å². The lowest BCUT2D eigenvalue weighted by Gasteiger charge is -2.17. The topological polar surface area (TPSA) is 50.7 Å². The van der Waals surface area contributed by atoms with Gasteiger partial charge in [-0.15, -0.1) is 0 Å². The summed E-state index contributed by atoms with van der Waals surface area (Å²) in [5.41, 5.74) is 1.12. The van der Waals surface area contributed by atoms with Gasteiger partial charge in [0, 0.05) is 20.2 Å². The minimum atomic E-state index is -0.493. The highest BCUT2D eigenvalue weighted by molar-refractivity contribution is 5.16. The average Bonchev–Trinajstić information content (AvgIpc) is 2.42. The van der Waals surface area contributed by atoms with Crippen LogP contribution < -0.4 is 5.32 Å². The summed E-state index contributed by atoms with van der Waals surface area (Å²) in [6.45, 7) is 4.22. The largest absolute Gasteiger partial charge is 0.389 e. The number of benzene rings is 1. The van der Waals surface area contributed by atoms with Crippen molar-refractivity contribution in [1.29, 1.82) is 0 Å². The molecular weight excluding hydrogens is 230 g/mol. The number of hydrogen-bond acceptors (Lipinski definition) is 4. The lowest BCUT2D eigenvalue weighted by atomic mass is 10.1. The van der Waals surface area contributed by atoms with Crippen molar-refractivity contribution in [3.05, 3.63) is 35.9 Å². The van der Waals surface area contributed by atoms with Crippen LogP contribution in [0, 0.1) is 0 Å². The highest BCUT2D eigenvalue weighted by Crippen LogP contribution is 2.15. The van der Waals surface area contributed by atoms with E-state index in [1.807, 2.05) is 37.3 Å². The molecule has 0 amide bonds. The Morgan fingerprint density at radius 2 is 2.00 bits per heavy atom. The van der Waals surface area contributed by atoms with Crippen LogP contribution in [0.2, 0.25) is 0 Å². The Hall–Kier alpha value is -0.940. The number of hydrogen-bond donors (Lipinski definition) is 2. The maximum Gasteiger partial charge on any atom is 0.0897 e. The Balaban J connectivity index is 2.16. The van der Waals surface area contributed by atoms with Crippen molar-refractivity contribution in [2.75, 3.05) is 33.4 Å². The quantitative estimate of drug-likeness (QED) is 0.653. The van der Waals surface area contributed by atoms with E-state index in [0.717, 1.165) is 12.1 Å². The molecule has 0 aliphatic carbocycles. The van der Waals surface area contributed by atoms with Gasteiger partial charge in [-0.05, 0) is 12.5 Å². The summed E-state index contributed by atoms with van der Waals surface area (Å²) in [6.07, 6.45) is -0.493. The van der Waals surface area contributed by atoms with Crippen LogP contribution >= 0.6 is 0 Å². The molecule has 0 saturated carbocycles. The minimum absolute atomic E-state index is 0.000162. The zero-order valence-corrected chi connectivity index (χ0v) is 11.1. The van der Waals surface area contributed by atoms with E-state index in [9.17, 15) is 5.11 Å². The summed E-state index contributed by atoms with van der Waals surface area (Å²) in [4.78, 5) is 0. The Labute approximate surface area is 109 Å². The molecule has 0 aromatic heterocycles. The highest BCUT2D eigenvalue weighted by Gasteiger charge is 2.09. The highest BCUT2D eigenvalue weighted by atomic mass is 16.5. The van der Waals surface area contributed by atoms with Gasteiger partial charge in [-0.1, -0.05) is 30.3 Å². The third kappa shape index (κ3) is 6.12. The molecule has 18 heavy (non-hydrogen) atoms. The molecule has 4 heteroatoms. The Morgan fingerprint density at radius 1 is 1.28 bits per heavy atom. The third-order valence-corrected chi connectivity index (χ3v) is 2.67. The molecule has 1 aromatic rings. The average molecular weight is 253 g/mol. The molecule has 0 heterocycles. The molecule has 102 valence electrons. The fourth-order valence-electron chi connectivity index (χ4n) is 1.58. The van der Waals surface area contributed by atoms with Crippen LogP contribution in [-0.2, 0) is 9.47 Å². The van der Waals surface area contributed by atoms with Crippen molar-refractivity contribution in [2.24, 2.45) is 0 Å². The van der Waals surface area contributed by atoms with Gasteiger partial charge in [0.05, 0.1) is 25.4 Å². The molecule has 1 rings (SSSR count). The second-order valence-electron chi connectivity index (χ2n) is 4.24. The van der Waals surface area contributed by atoms with Crippen molar-refractivity contribution < 1.29 is 14.6 Å². The van der Waals surface area contributed by atoms with Crippen LogP contribution in [0.5, 0.6) is 0 Å². The molecule has 0 spiro atoms. The van der Waals surface area contributed by atoms with E-state index in [1.165, 1.54) is 0 Å². The van der Waals surface area contributed by atoms with Crippen molar-refractivity contribution in [3.8, 4) is 0 Å². The van der Waals surface area contributed by atoms with Crippen molar-refractivity contribution in [2.45, 2.75) is 19.1 Å². The molecule has 0 saturated heterocycles. The van der Waals surface area contributed by atoms with Gasteiger partial charge in [-0.25, -0.2) is 0 Å². The van der Waals surface area contributed by atoms with E-state index in [0.29, 0.717) is 19.8 Å². The normalized spacial score (nSPS) is 14.4. The molecule has 0 unspecified atom stereocenters. The molecule has 1 aromatic carbocycles. The molecule has 2 atom stereocenters. The van der Waals surface area contributed by atoms with E-state index >= 15 is 0 Å². The molecule has 0 bridgehead atoms. The molecule has 0 aliphatic rings. The summed E-state index contributed by atoms with van der Waals surface area (Å²) in [6, 6.07) is 9.99. The van der Waals surface area contributed by atoms with Crippen LogP contribution in [0.3, 0.4) is 0 Å². The van der Waals surface area contributed by atoms with Crippen LogP contribution in [0.4, 0.5) is 0 Å². The monoisotopic (exact) mass is 253 g/mol. The van der Waals surface area contributed by atoms with E-state index in [1.54, 1.807) is 7.11 Å². The summed E-state index contributed by atoms with van der Waals surface area (Å²) in [5, 5.41) is 12.8. The Kier molecular flexibility index (Phi) is 7.60. The molecule has 4 nitrogen and oxygen atoms in total. The number of rotatable bonds is 9. The summed E-state index contributed by atoms with van der Waals surface area (Å²) in [5.74, 6) is 0. The van der Waals surface area contributed by atoms with Crippen molar-refractivity contribution in [1.82, 2.24) is 5.32 Å². The number of nitrogens with one attached hydrogen (secondary N) is 1. The molecule has 0 fully saturated rings. The molecule has 0 radical (unpaired) electrons. The smallest absolute Gasteiger partial charge is 0.0897 e. The van der Waals surface area contributed by atoms with Gasteiger partial charge in [-0.2, -0.15) is 0 Å². The zero-order chi connectivity index (χ0) is 13.2.